The summed E-state index contributed by atoms with van der Waals surface area (Å²) in [5.74, 6) is 0.916. The van der Waals surface area contributed by atoms with Gasteiger partial charge in [0.1, 0.15) is 0 Å². The van der Waals surface area contributed by atoms with E-state index in [0.717, 1.165) is 11.4 Å². The van der Waals surface area contributed by atoms with E-state index in [1.807, 2.05) is 23.9 Å². The van der Waals surface area contributed by atoms with Crippen molar-refractivity contribution in [3.63, 3.8) is 0 Å². The lowest BCUT2D eigenvalue weighted by atomic mass is 10.0. The molecular weight excluding hydrogens is 330 g/mol. The fourth-order valence-corrected chi connectivity index (χ4v) is 3.75. The van der Waals surface area contributed by atoms with E-state index in [4.69, 9.17) is 5.41 Å². The first-order valence-corrected chi connectivity index (χ1v) is 9.37. The first kappa shape index (κ1) is 17.3. The number of nitrogens with zero attached hydrogens (tertiary/aromatic N) is 2. The fraction of sp³-hybridized carbons (Fsp3) is 0.208. The monoisotopic (exact) mass is 355 g/mol. The average molecular weight is 355 g/mol. The standard InChI is InChI=1S/C24H25N3/c1-16(2)19-9-6-10-20(15-19)26(3)24(25)27(4)22-14-12-18-8-5-7-17-11-13-21(22)23(17)18/h5-16,25H,1-4H3. The van der Waals surface area contributed by atoms with Gasteiger partial charge in [-0.2, -0.15) is 0 Å². The highest BCUT2D eigenvalue weighted by Crippen LogP contribution is 2.37. The molecule has 3 aromatic rings. The summed E-state index contributed by atoms with van der Waals surface area (Å²) in [7, 11) is 3.93. The number of anilines is 2. The maximum atomic E-state index is 8.78. The maximum absolute atomic E-state index is 8.78. The van der Waals surface area contributed by atoms with Crippen molar-refractivity contribution in [1.82, 2.24) is 0 Å². The lowest BCUT2D eigenvalue weighted by Crippen LogP contribution is -2.40. The number of benzene rings is 3. The summed E-state index contributed by atoms with van der Waals surface area (Å²) in [5.41, 5.74) is 5.82. The molecule has 1 N–H and O–H groups in total. The summed E-state index contributed by atoms with van der Waals surface area (Å²) in [4.78, 5) is 3.90. The fourth-order valence-electron chi connectivity index (χ4n) is 3.75. The van der Waals surface area contributed by atoms with Crippen LogP contribution >= 0.6 is 0 Å². The Bertz CT molecular complexity index is 1060. The number of rotatable bonds is 3. The first-order chi connectivity index (χ1) is 13.0. The summed E-state index contributed by atoms with van der Waals surface area (Å²) in [6.45, 7) is 4.38. The molecule has 1 aliphatic carbocycles. The van der Waals surface area contributed by atoms with Gasteiger partial charge in [-0.25, -0.2) is 0 Å². The van der Waals surface area contributed by atoms with E-state index in [1.54, 1.807) is 0 Å². The third kappa shape index (κ3) is 2.89. The zero-order valence-electron chi connectivity index (χ0n) is 16.3. The predicted octanol–water partition coefficient (Wildman–Crippen LogP) is 5.95. The molecule has 0 bridgehead atoms. The molecule has 0 atom stereocenters. The highest BCUT2D eigenvalue weighted by atomic mass is 15.3. The molecule has 4 rings (SSSR count). The average Bonchev–Trinajstić information content (AvgIpc) is 3.12. The van der Waals surface area contributed by atoms with Crippen molar-refractivity contribution < 1.29 is 0 Å². The molecule has 0 amide bonds. The largest absolute Gasteiger partial charge is 0.316 e. The van der Waals surface area contributed by atoms with Crippen LogP contribution in [-0.4, -0.2) is 20.1 Å². The van der Waals surface area contributed by atoms with Crippen LogP contribution in [0.3, 0.4) is 0 Å². The molecule has 0 aliphatic heterocycles. The van der Waals surface area contributed by atoms with Gasteiger partial charge in [0.15, 0.2) is 0 Å². The van der Waals surface area contributed by atoms with Crippen LogP contribution in [-0.2, 0) is 0 Å². The highest BCUT2D eigenvalue weighted by molar-refractivity contribution is 6.12. The van der Waals surface area contributed by atoms with E-state index in [-0.39, 0.29) is 0 Å². The Labute approximate surface area is 161 Å². The molecule has 0 spiro atoms. The van der Waals surface area contributed by atoms with E-state index in [9.17, 15) is 0 Å². The molecule has 0 saturated heterocycles. The van der Waals surface area contributed by atoms with Crippen molar-refractivity contribution >= 4 is 40.3 Å². The quantitative estimate of drug-likeness (QED) is 0.363. The molecule has 0 unspecified atom stereocenters. The molecule has 0 fully saturated rings. The topological polar surface area (TPSA) is 30.3 Å². The molecule has 3 heteroatoms. The number of guanidine groups is 1. The van der Waals surface area contributed by atoms with Gasteiger partial charge in [0.05, 0.1) is 5.69 Å². The Hall–Kier alpha value is -3.07. The van der Waals surface area contributed by atoms with Crippen molar-refractivity contribution in [3.05, 3.63) is 71.3 Å². The van der Waals surface area contributed by atoms with Crippen LogP contribution in [0, 0.1) is 5.41 Å². The Balaban J connectivity index is 1.69. The van der Waals surface area contributed by atoms with Gasteiger partial charge in [0.25, 0.3) is 0 Å². The zero-order valence-corrected chi connectivity index (χ0v) is 16.3. The van der Waals surface area contributed by atoms with Gasteiger partial charge < -0.3 is 9.80 Å². The molecule has 3 aromatic carbocycles. The van der Waals surface area contributed by atoms with Gasteiger partial charge in [-0.15, -0.1) is 0 Å². The van der Waals surface area contributed by atoms with Gasteiger partial charge in [0.2, 0.25) is 5.96 Å². The van der Waals surface area contributed by atoms with Gasteiger partial charge in [-0.05, 0) is 46.0 Å². The van der Waals surface area contributed by atoms with Crippen LogP contribution in [0.5, 0.6) is 0 Å². The Morgan fingerprint density at radius 2 is 1.67 bits per heavy atom. The smallest absolute Gasteiger partial charge is 0.202 e. The molecule has 0 radical (unpaired) electrons. The lowest BCUT2D eigenvalue weighted by molar-refractivity contribution is 0.866. The minimum absolute atomic E-state index is 0.448. The molecule has 0 saturated carbocycles. The second kappa shape index (κ2) is 6.58. The SMILES string of the molecule is CC(C)c1cccc(N(C)C(=N)N(C)c2ccc3cccc4c3c2C=C4)c1. The summed E-state index contributed by atoms with van der Waals surface area (Å²) in [5, 5.41) is 11.3. The summed E-state index contributed by atoms with van der Waals surface area (Å²) in [6, 6.07) is 19.1. The van der Waals surface area contributed by atoms with E-state index in [0.29, 0.717) is 11.9 Å². The number of hydrogen-bond acceptors (Lipinski definition) is 1. The van der Waals surface area contributed by atoms with Crippen LogP contribution in [0.1, 0.15) is 36.5 Å². The minimum Gasteiger partial charge on any atom is -0.316 e. The van der Waals surface area contributed by atoms with E-state index in [1.165, 1.54) is 27.5 Å². The van der Waals surface area contributed by atoms with E-state index in [2.05, 4.69) is 80.6 Å². The molecule has 136 valence electrons. The molecular formula is C24H25N3. The molecule has 3 nitrogen and oxygen atoms in total. The Morgan fingerprint density at radius 3 is 2.44 bits per heavy atom. The zero-order chi connectivity index (χ0) is 19.1. The summed E-state index contributed by atoms with van der Waals surface area (Å²) < 4.78 is 0. The van der Waals surface area contributed by atoms with Crippen molar-refractivity contribution in [2.45, 2.75) is 19.8 Å². The van der Waals surface area contributed by atoms with E-state index < -0.39 is 0 Å². The van der Waals surface area contributed by atoms with Crippen LogP contribution in [0.2, 0.25) is 0 Å². The second-order valence-corrected chi connectivity index (χ2v) is 7.47. The molecule has 27 heavy (non-hydrogen) atoms. The van der Waals surface area contributed by atoms with E-state index >= 15 is 0 Å². The van der Waals surface area contributed by atoms with Crippen molar-refractivity contribution in [2.75, 3.05) is 23.9 Å². The van der Waals surface area contributed by atoms with Gasteiger partial charge in [0, 0.05) is 25.3 Å². The third-order valence-corrected chi connectivity index (χ3v) is 5.45. The summed E-state index contributed by atoms with van der Waals surface area (Å²) in [6.07, 6.45) is 4.32. The molecule has 0 aromatic heterocycles. The first-order valence-electron chi connectivity index (χ1n) is 9.37. The van der Waals surface area contributed by atoms with Gasteiger partial charge in [-0.1, -0.05) is 62.4 Å². The van der Waals surface area contributed by atoms with Crippen molar-refractivity contribution in [1.29, 1.82) is 5.41 Å². The highest BCUT2D eigenvalue weighted by Gasteiger charge is 2.20. The molecule has 1 aliphatic rings. The van der Waals surface area contributed by atoms with Crippen LogP contribution < -0.4 is 9.80 Å². The minimum atomic E-state index is 0.448. The normalized spacial score (nSPS) is 12.0. The third-order valence-electron chi connectivity index (χ3n) is 5.45. The Morgan fingerprint density at radius 1 is 0.889 bits per heavy atom. The van der Waals surface area contributed by atoms with Crippen LogP contribution in [0.4, 0.5) is 11.4 Å². The second-order valence-electron chi connectivity index (χ2n) is 7.47. The maximum Gasteiger partial charge on any atom is 0.202 e. The van der Waals surface area contributed by atoms with Gasteiger partial charge in [-0.3, -0.25) is 5.41 Å². The van der Waals surface area contributed by atoms with Crippen LogP contribution in [0.15, 0.2) is 54.6 Å². The Kier molecular flexibility index (Phi) is 4.23. The lowest BCUT2D eigenvalue weighted by Gasteiger charge is -2.29. The predicted molar refractivity (Wildman–Crippen MR) is 118 cm³/mol. The number of nitrogens with one attached hydrogen (secondary N) is 1. The van der Waals surface area contributed by atoms with Crippen molar-refractivity contribution in [2.24, 2.45) is 0 Å². The van der Waals surface area contributed by atoms with Crippen molar-refractivity contribution in [3.8, 4) is 0 Å². The van der Waals surface area contributed by atoms with Gasteiger partial charge >= 0.3 is 0 Å². The van der Waals surface area contributed by atoms with Crippen LogP contribution in [0.25, 0.3) is 22.9 Å². The molecule has 0 heterocycles. The summed E-state index contributed by atoms with van der Waals surface area (Å²) >= 11 is 0. The number of hydrogen-bond donors (Lipinski definition) is 1.